The average molecular weight is 619 g/mol. The zero-order valence-corrected chi connectivity index (χ0v) is 25.5. The van der Waals surface area contributed by atoms with Crippen molar-refractivity contribution in [1.29, 1.82) is 0 Å². The number of ether oxygens (including phenoxy) is 1. The van der Waals surface area contributed by atoms with E-state index in [1.54, 1.807) is 13.1 Å². The van der Waals surface area contributed by atoms with E-state index in [9.17, 15) is 19.2 Å². The average Bonchev–Trinajstić information content (AvgIpc) is 3.72. The molecule has 1 N–H and O–H groups in total. The van der Waals surface area contributed by atoms with E-state index < -0.39 is 17.6 Å². The first-order valence-electron chi connectivity index (χ1n) is 16.0. The number of hydrogen-bond donors (Lipinski definition) is 1. The lowest BCUT2D eigenvalue weighted by Gasteiger charge is -2.37. The third kappa shape index (κ3) is 5.60. The van der Waals surface area contributed by atoms with Gasteiger partial charge in [-0.2, -0.15) is 0 Å². The number of nitrogens with zero attached hydrogens (tertiary/aromatic N) is 5. The molecule has 0 spiro atoms. The van der Waals surface area contributed by atoms with Crippen LogP contribution in [0.5, 0.6) is 0 Å². The van der Waals surface area contributed by atoms with Crippen LogP contribution in [-0.4, -0.2) is 80.7 Å². The number of piperidine rings is 3. The van der Waals surface area contributed by atoms with E-state index in [1.807, 2.05) is 17.2 Å². The minimum atomic E-state index is -0.840. The molecule has 7 rings (SSSR count). The van der Waals surface area contributed by atoms with Crippen LogP contribution in [0.25, 0.3) is 16.7 Å². The summed E-state index contributed by atoms with van der Waals surface area (Å²) < 4.78 is 26.1. The summed E-state index contributed by atoms with van der Waals surface area (Å²) in [6, 6.07) is 6.39. The largest absolute Gasteiger partial charge is 0.443 e. The Kier molecular flexibility index (Phi) is 7.84. The Morgan fingerprint density at radius 2 is 1.80 bits per heavy atom. The second-order valence-electron chi connectivity index (χ2n) is 12.9. The molecule has 11 nitrogen and oxygen atoms in total. The topological polar surface area (TPSA) is 111 Å². The lowest BCUT2D eigenvalue weighted by Crippen LogP contribution is -2.44. The van der Waals surface area contributed by atoms with E-state index in [1.165, 1.54) is 20.9 Å². The number of likely N-dealkylation sites (tertiary alicyclic amines) is 2. The third-order valence-electron chi connectivity index (χ3n) is 10.2. The molecule has 3 aromatic rings. The van der Waals surface area contributed by atoms with Crippen LogP contribution in [0.2, 0.25) is 0 Å². The molecule has 12 heteroatoms. The summed E-state index contributed by atoms with van der Waals surface area (Å²) in [5, 5.41) is 2.29. The minimum absolute atomic E-state index is 0.0360. The molecule has 1 atom stereocenters. The molecule has 1 unspecified atom stereocenters. The highest BCUT2D eigenvalue weighted by atomic mass is 19.1. The molecule has 3 saturated heterocycles. The Bertz CT molecular complexity index is 1740. The van der Waals surface area contributed by atoms with Crippen LogP contribution < -0.4 is 11.0 Å². The molecule has 0 saturated carbocycles. The number of amides is 3. The predicted octanol–water partition coefficient (Wildman–Crippen LogP) is 3.38. The number of aromatic nitrogens is 3. The first-order valence-corrected chi connectivity index (χ1v) is 16.0. The molecule has 238 valence electrons. The highest BCUT2D eigenvalue weighted by Gasteiger charge is 2.33. The van der Waals surface area contributed by atoms with Crippen LogP contribution in [0.3, 0.4) is 0 Å². The Balaban J connectivity index is 0.918. The number of aryl methyl sites for hydroxylation is 1. The van der Waals surface area contributed by atoms with Crippen molar-refractivity contribution in [3.05, 3.63) is 64.1 Å². The van der Waals surface area contributed by atoms with Crippen LogP contribution in [0, 0.1) is 11.7 Å². The summed E-state index contributed by atoms with van der Waals surface area (Å²) in [4.78, 5) is 54.2. The van der Waals surface area contributed by atoms with Gasteiger partial charge in [0.25, 0.3) is 0 Å². The van der Waals surface area contributed by atoms with Crippen LogP contribution in [0.15, 0.2) is 41.3 Å². The number of fused-ring (bicyclic) bond motifs is 2. The first kappa shape index (κ1) is 29.5. The predicted molar refractivity (Wildman–Crippen MR) is 165 cm³/mol. The summed E-state index contributed by atoms with van der Waals surface area (Å²) in [7, 11) is 1.63. The van der Waals surface area contributed by atoms with Crippen LogP contribution in [0.4, 0.5) is 9.18 Å². The van der Waals surface area contributed by atoms with Crippen molar-refractivity contribution in [2.45, 2.75) is 56.9 Å². The quantitative estimate of drug-likeness (QED) is 0.425. The molecule has 2 aromatic heterocycles. The van der Waals surface area contributed by atoms with Crippen LogP contribution in [-0.2, 0) is 27.8 Å². The Labute approximate surface area is 260 Å². The third-order valence-corrected chi connectivity index (χ3v) is 10.2. The van der Waals surface area contributed by atoms with Crippen molar-refractivity contribution in [3.8, 4) is 0 Å². The fraction of sp³-hybridized carbons (Fsp3) is 0.515. The van der Waals surface area contributed by atoms with Gasteiger partial charge in [-0.25, -0.2) is 14.0 Å². The van der Waals surface area contributed by atoms with E-state index >= 15 is 4.39 Å². The van der Waals surface area contributed by atoms with Crippen molar-refractivity contribution in [2.75, 3.05) is 39.3 Å². The van der Waals surface area contributed by atoms with Crippen molar-refractivity contribution >= 4 is 34.6 Å². The van der Waals surface area contributed by atoms with Crippen molar-refractivity contribution < 1.29 is 23.5 Å². The first-order chi connectivity index (χ1) is 21.8. The van der Waals surface area contributed by atoms with E-state index in [4.69, 9.17) is 4.74 Å². The zero-order chi connectivity index (χ0) is 31.2. The molecule has 0 bridgehead atoms. The maximum absolute atomic E-state index is 15.6. The molecule has 4 aliphatic heterocycles. The second kappa shape index (κ2) is 12.0. The van der Waals surface area contributed by atoms with Gasteiger partial charge in [-0.05, 0) is 80.8 Å². The Hall–Kier alpha value is -4.19. The van der Waals surface area contributed by atoms with Gasteiger partial charge >= 0.3 is 11.8 Å². The van der Waals surface area contributed by atoms with Gasteiger partial charge in [-0.3, -0.25) is 24.0 Å². The maximum Gasteiger partial charge on any atom is 0.410 e. The van der Waals surface area contributed by atoms with Crippen molar-refractivity contribution in [1.82, 2.24) is 28.8 Å². The standard InChI is InChI=1S/C33H39FN6O5/c1-36-28-17-25(26(34)18-29(28)40(32(36)43)27-6-7-30(41)35-31(27)42)22-10-13-37(14-11-22)19-21-8-15-38(16-9-21)33(44)45-20-24-5-4-23-3-2-12-39(23)24/h2-3,5,12,17-18,21-22,27H,4,6-11,13-16,19-20H2,1H3,(H,35,41,42). The fourth-order valence-electron chi connectivity index (χ4n) is 7.57. The smallest absolute Gasteiger partial charge is 0.410 e. The highest BCUT2D eigenvalue weighted by molar-refractivity contribution is 6.00. The molecule has 45 heavy (non-hydrogen) atoms. The molecule has 0 radical (unpaired) electrons. The number of carbonyl (C=O) groups is 3. The van der Waals surface area contributed by atoms with Gasteiger partial charge in [0.15, 0.2) is 0 Å². The molecule has 1 aromatic carbocycles. The lowest BCUT2D eigenvalue weighted by atomic mass is 9.87. The normalized spacial score (nSPS) is 21.7. The SMILES string of the molecule is Cn1c(=O)n(C2CCC(=O)NC2=O)c2cc(F)c(C3CCN(CC4CCN(C(=O)OCC5=CCc6cccn65)CC4)CC3)cc21. The van der Waals surface area contributed by atoms with Gasteiger partial charge in [0.2, 0.25) is 11.8 Å². The Morgan fingerprint density at radius 3 is 2.56 bits per heavy atom. The van der Waals surface area contributed by atoms with E-state index in [0.29, 0.717) is 35.6 Å². The molecule has 6 heterocycles. The Morgan fingerprint density at radius 1 is 1.02 bits per heavy atom. The second-order valence-corrected chi connectivity index (χ2v) is 12.9. The van der Waals surface area contributed by atoms with Gasteiger partial charge in [-0.1, -0.05) is 6.08 Å². The van der Waals surface area contributed by atoms with Crippen LogP contribution >= 0.6 is 0 Å². The number of halogens is 1. The van der Waals surface area contributed by atoms with E-state index in [0.717, 1.165) is 57.4 Å². The van der Waals surface area contributed by atoms with Crippen LogP contribution in [0.1, 0.15) is 61.7 Å². The van der Waals surface area contributed by atoms with E-state index in [2.05, 4.69) is 26.9 Å². The number of benzene rings is 1. The van der Waals surface area contributed by atoms with Gasteiger partial charge in [-0.15, -0.1) is 0 Å². The monoisotopic (exact) mass is 618 g/mol. The zero-order valence-electron chi connectivity index (χ0n) is 25.5. The molecular formula is C33H39FN6O5. The summed E-state index contributed by atoms with van der Waals surface area (Å²) in [5.41, 5.74) is 3.39. The summed E-state index contributed by atoms with van der Waals surface area (Å²) >= 11 is 0. The maximum atomic E-state index is 15.6. The van der Waals surface area contributed by atoms with Gasteiger partial charge < -0.3 is 19.1 Å². The summed E-state index contributed by atoms with van der Waals surface area (Å²) in [6.07, 6.45) is 8.57. The van der Waals surface area contributed by atoms with E-state index in [-0.39, 0.29) is 43.2 Å². The number of carbonyl (C=O) groups excluding carboxylic acids is 3. The van der Waals surface area contributed by atoms with Gasteiger partial charge in [0, 0.05) is 57.5 Å². The molecule has 4 aliphatic rings. The molecule has 0 aliphatic carbocycles. The fourth-order valence-corrected chi connectivity index (χ4v) is 7.57. The molecule has 3 fully saturated rings. The number of imidazole rings is 1. The number of rotatable bonds is 6. The van der Waals surface area contributed by atoms with Crippen molar-refractivity contribution in [2.24, 2.45) is 13.0 Å². The number of allylic oxidation sites excluding steroid dienone is 1. The summed E-state index contributed by atoms with van der Waals surface area (Å²) in [5.74, 6) is -0.727. The van der Waals surface area contributed by atoms with Crippen molar-refractivity contribution in [3.63, 3.8) is 0 Å². The number of nitrogens with one attached hydrogen (secondary N) is 1. The molecule has 3 amide bonds. The lowest BCUT2D eigenvalue weighted by molar-refractivity contribution is -0.135. The number of imide groups is 1. The number of hydrogen-bond acceptors (Lipinski definition) is 6. The van der Waals surface area contributed by atoms with Gasteiger partial charge in [0.05, 0.1) is 16.7 Å². The minimum Gasteiger partial charge on any atom is -0.443 e. The molecular weight excluding hydrogens is 579 g/mol. The van der Waals surface area contributed by atoms with Gasteiger partial charge in [0.1, 0.15) is 18.5 Å². The highest BCUT2D eigenvalue weighted by Crippen LogP contribution is 2.34. The summed E-state index contributed by atoms with van der Waals surface area (Å²) in [6.45, 7) is 4.34.